The Morgan fingerprint density at radius 3 is 1.57 bits per heavy atom. The van der Waals surface area contributed by atoms with Crippen LogP contribution in [0.15, 0.2) is 158 Å². The van der Waals surface area contributed by atoms with Crippen LogP contribution < -0.4 is 0 Å². The van der Waals surface area contributed by atoms with Crippen LogP contribution in [-0.4, -0.2) is 19.1 Å². The smallest absolute Gasteiger partial charge is 0.138 e. The van der Waals surface area contributed by atoms with Crippen molar-refractivity contribution in [1.29, 1.82) is 0 Å². The standard InChI is InChI=1S/C52H38N4/c1-51(2)41-17-9-5-13-33(41)37-22-24-39-35-15-7-11-19-44(35)55(49(39)47(37)51)32-21-26-43(54-30-32)31-27-28-53-46(29-31)56-45-20-12-8-16-36(45)40-25-23-38-34-14-6-10-18-42(34)52(3,4)48(38)50(40)56/h5-30H,1-4H3. The number of para-hydroxylation sites is 2. The highest BCUT2D eigenvalue weighted by atomic mass is 15.1. The average Bonchev–Trinajstić information content (AvgIpc) is 3.90. The van der Waals surface area contributed by atoms with Gasteiger partial charge < -0.3 is 4.57 Å². The molecule has 2 aliphatic carbocycles. The van der Waals surface area contributed by atoms with Crippen LogP contribution in [0.4, 0.5) is 0 Å². The number of fused-ring (bicyclic) bond motifs is 14. The maximum absolute atomic E-state index is 5.19. The molecular weight excluding hydrogens is 681 g/mol. The van der Waals surface area contributed by atoms with Gasteiger partial charge in [-0.15, -0.1) is 0 Å². The molecule has 6 aromatic carbocycles. The van der Waals surface area contributed by atoms with Crippen molar-refractivity contribution in [3.8, 4) is 45.0 Å². The van der Waals surface area contributed by atoms with E-state index in [1.165, 1.54) is 82.6 Å². The number of hydrogen-bond donors (Lipinski definition) is 0. The van der Waals surface area contributed by atoms with Gasteiger partial charge in [-0.3, -0.25) is 9.55 Å². The molecule has 12 rings (SSSR count). The summed E-state index contributed by atoms with van der Waals surface area (Å²) in [7, 11) is 0. The molecule has 0 spiro atoms. The highest BCUT2D eigenvalue weighted by Crippen LogP contribution is 2.54. The molecule has 0 aliphatic heterocycles. The molecule has 4 aromatic heterocycles. The summed E-state index contributed by atoms with van der Waals surface area (Å²) in [5.41, 5.74) is 18.2. The first-order valence-electron chi connectivity index (χ1n) is 19.6. The van der Waals surface area contributed by atoms with Crippen molar-refractivity contribution in [3.05, 3.63) is 180 Å². The molecule has 266 valence electrons. The van der Waals surface area contributed by atoms with Crippen molar-refractivity contribution in [2.24, 2.45) is 0 Å². The van der Waals surface area contributed by atoms with Crippen LogP contribution in [0.1, 0.15) is 49.9 Å². The van der Waals surface area contributed by atoms with Gasteiger partial charge in [0.2, 0.25) is 0 Å². The number of nitrogens with zero attached hydrogens (tertiary/aromatic N) is 4. The van der Waals surface area contributed by atoms with Gasteiger partial charge in [0.05, 0.1) is 39.6 Å². The molecular formula is C52H38N4. The molecule has 0 amide bonds. The minimum atomic E-state index is -0.169. The quantitative estimate of drug-likeness (QED) is 0.182. The lowest BCUT2D eigenvalue weighted by molar-refractivity contribution is 0.663. The molecule has 0 atom stereocenters. The van der Waals surface area contributed by atoms with Crippen molar-refractivity contribution in [3.63, 3.8) is 0 Å². The van der Waals surface area contributed by atoms with Crippen molar-refractivity contribution in [1.82, 2.24) is 19.1 Å². The predicted molar refractivity (Wildman–Crippen MR) is 231 cm³/mol. The van der Waals surface area contributed by atoms with Crippen LogP contribution >= 0.6 is 0 Å². The minimum absolute atomic E-state index is 0.150. The van der Waals surface area contributed by atoms with E-state index < -0.39 is 0 Å². The second kappa shape index (κ2) is 10.9. The second-order valence-electron chi connectivity index (χ2n) is 16.6. The summed E-state index contributed by atoms with van der Waals surface area (Å²) in [6.45, 7) is 9.46. The Balaban J connectivity index is 1.03. The molecule has 0 radical (unpaired) electrons. The average molecular weight is 719 g/mol. The zero-order chi connectivity index (χ0) is 37.5. The topological polar surface area (TPSA) is 35.6 Å². The van der Waals surface area contributed by atoms with Gasteiger partial charge in [0.1, 0.15) is 5.82 Å². The molecule has 0 saturated heterocycles. The summed E-state index contributed by atoms with van der Waals surface area (Å²) in [5.74, 6) is 0.888. The first-order chi connectivity index (χ1) is 27.3. The van der Waals surface area contributed by atoms with Gasteiger partial charge in [0.15, 0.2) is 0 Å². The Bertz CT molecular complexity index is 3300. The molecule has 0 unspecified atom stereocenters. The van der Waals surface area contributed by atoms with Crippen LogP contribution in [0.3, 0.4) is 0 Å². The zero-order valence-corrected chi connectivity index (χ0v) is 31.8. The maximum Gasteiger partial charge on any atom is 0.138 e. The fourth-order valence-electron chi connectivity index (χ4n) is 10.5. The lowest BCUT2D eigenvalue weighted by Crippen LogP contribution is -2.16. The first kappa shape index (κ1) is 31.6. The van der Waals surface area contributed by atoms with Crippen molar-refractivity contribution >= 4 is 43.6 Å². The maximum atomic E-state index is 5.19. The van der Waals surface area contributed by atoms with E-state index in [1.807, 2.05) is 12.4 Å². The van der Waals surface area contributed by atoms with Crippen LogP contribution in [0.2, 0.25) is 0 Å². The normalized spacial score (nSPS) is 14.7. The molecule has 0 bridgehead atoms. The van der Waals surface area contributed by atoms with Gasteiger partial charge in [-0.2, -0.15) is 0 Å². The first-order valence-corrected chi connectivity index (χ1v) is 19.6. The Hall–Kier alpha value is -6.78. The van der Waals surface area contributed by atoms with E-state index in [1.54, 1.807) is 0 Å². The minimum Gasteiger partial charge on any atom is -0.307 e. The van der Waals surface area contributed by atoms with Gasteiger partial charge >= 0.3 is 0 Å². The van der Waals surface area contributed by atoms with Crippen LogP contribution in [-0.2, 0) is 10.8 Å². The fraction of sp³-hybridized carbons (Fsp3) is 0.115. The Labute approximate surface area is 325 Å². The van der Waals surface area contributed by atoms with Crippen LogP contribution in [0, 0.1) is 0 Å². The van der Waals surface area contributed by atoms with Gasteiger partial charge in [-0.25, -0.2) is 4.98 Å². The second-order valence-corrected chi connectivity index (χ2v) is 16.6. The van der Waals surface area contributed by atoms with E-state index in [-0.39, 0.29) is 10.8 Å². The Kier molecular flexibility index (Phi) is 6.15. The molecule has 0 fully saturated rings. The van der Waals surface area contributed by atoms with Crippen molar-refractivity contribution in [2.45, 2.75) is 38.5 Å². The van der Waals surface area contributed by atoms with E-state index in [0.29, 0.717) is 0 Å². The van der Waals surface area contributed by atoms with Crippen LogP contribution in [0.5, 0.6) is 0 Å². The monoisotopic (exact) mass is 718 g/mol. The van der Waals surface area contributed by atoms with Gasteiger partial charge in [-0.05, 0) is 80.9 Å². The largest absolute Gasteiger partial charge is 0.307 e. The molecule has 56 heavy (non-hydrogen) atoms. The van der Waals surface area contributed by atoms with Crippen molar-refractivity contribution < 1.29 is 0 Å². The third-order valence-corrected chi connectivity index (χ3v) is 13.0. The zero-order valence-electron chi connectivity index (χ0n) is 31.8. The molecule has 4 heterocycles. The summed E-state index contributed by atoms with van der Waals surface area (Å²) in [4.78, 5) is 10.2. The number of rotatable bonds is 3. The summed E-state index contributed by atoms with van der Waals surface area (Å²) in [6.07, 6.45) is 3.98. The third-order valence-electron chi connectivity index (χ3n) is 13.0. The fourth-order valence-corrected chi connectivity index (χ4v) is 10.5. The van der Waals surface area contributed by atoms with E-state index in [9.17, 15) is 0 Å². The van der Waals surface area contributed by atoms with Crippen LogP contribution in [0.25, 0.3) is 88.6 Å². The molecule has 0 saturated carbocycles. The van der Waals surface area contributed by atoms with E-state index in [4.69, 9.17) is 9.97 Å². The Morgan fingerprint density at radius 1 is 0.446 bits per heavy atom. The predicted octanol–water partition coefficient (Wildman–Crippen LogP) is 13.0. The van der Waals surface area contributed by atoms with Gasteiger partial charge in [0, 0.05) is 44.1 Å². The molecule has 0 N–H and O–H groups in total. The molecule has 2 aliphatic rings. The van der Waals surface area contributed by atoms with E-state index in [0.717, 1.165) is 28.3 Å². The Morgan fingerprint density at radius 2 is 0.982 bits per heavy atom. The SMILES string of the molecule is CC1(C)c2ccccc2-c2ccc3c4ccccc4n(-c4ccc(-c5ccnc(-n6c7ccccc7c7ccc8c(c76)C(C)(C)c6ccccc6-8)c5)nc4)c3c21. The molecule has 10 aromatic rings. The molecule has 4 nitrogen and oxygen atoms in total. The van der Waals surface area contributed by atoms with Crippen molar-refractivity contribution in [2.75, 3.05) is 0 Å². The number of aromatic nitrogens is 4. The highest BCUT2D eigenvalue weighted by molar-refractivity contribution is 6.14. The van der Waals surface area contributed by atoms with Gasteiger partial charge in [0.25, 0.3) is 0 Å². The van der Waals surface area contributed by atoms with E-state index in [2.05, 4.69) is 182 Å². The summed E-state index contributed by atoms with van der Waals surface area (Å²) >= 11 is 0. The summed E-state index contributed by atoms with van der Waals surface area (Å²) in [5, 5.41) is 5.00. The lowest BCUT2D eigenvalue weighted by atomic mass is 9.81. The molecule has 4 heteroatoms. The number of pyridine rings is 2. The summed E-state index contributed by atoms with van der Waals surface area (Å²) < 4.78 is 4.82. The number of hydrogen-bond acceptors (Lipinski definition) is 2. The highest BCUT2D eigenvalue weighted by Gasteiger charge is 2.40. The van der Waals surface area contributed by atoms with E-state index >= 15 is 0 Å². The number of benzene rings is 6. The summed E-state index contributed by atoms with van der Waals surface area (Å²) in [6, 6.07) is 53.2. The van der Waals surface area contributed by atoms with Gasteiger partial charge in [-0.1, -0.05) is 137 Å². The lowest BCUT2D eigenvalue weighted by Gasteiger charge is -2.23. The third kappa shape index (κ3) is 3.98.